The first-order valence-electron chi connectivity index (χ1n) is 22.2. The predicted molar refractivity (Wildman–Crippen MR) is 265 cm³/mol. The van der Waals surface area contributed by atoms with Gasteiger partial charge in [-0.1, -0.05) is 158 Å². The Kier molecular flexibility index (Phi) is 7.57. The minimum atomic E-state index is -0.679. The molecule has 65 heavy (non-hydrogen) atoms. The van der Waals surface area contributed by atoms with Crippen LogP contribution in [0.15, 0.2) is 219 Å². The van der Waals surface area contributed by atoms with Crippen molar-refractivity contribution in [1.82, 2.24) is 19.9 Å². The van der Waals surface area contributed by atoms with E-state index in [2.05, 4.69) is 181 Å². The van der Waals surface area contributed by atoms with Crippen molar-refractivity contribution in [2.45, 2.75) is 5.41 Å². The lowest BCUT2D eigenvalue weighted by Crippen LogP contribution is -2.29. The third-order valence-electron chi connectivity index (χ3n) is 14.0. The van der Waals surface area contributed by atoms with E-state index in [1.165, 1.54) is 88.0 Å². The maximum atomic E-state index is 5.40. The van der Waals surface area contributed by atoms with Gasteiger partial charge in [0.05, 0.1) is 22.5 Å². The second-order valence-corrected chi connectivity index (χ2v) is 17.3. The summed E-state index contributed by atoms with van der Waals surface area (Å²) in [6.07, 6.45) is 5.49. The number of fused-ring (bicyclic) bond motifs is 13. The van der Waals surface area contributed by atoms with Gasteiger partial charge in [-0.25, -0.2) is 9.97 Å². The Balaban J connectivity index is 1.07. The Labute approximate surface area is 375 Å². The maximum absolute atomic E-state index is 5.40. The molecule has 0 saturated heterocycles. The molecular formula is C61H36N4. The molecule has 4 nitrogen and oxygen atoms in total. The van der Waals surface area contributed by atoms with E-state index < -0.39 is 5.41 Å². The molecule has 0 radical (unpaired) electrons. The molecule has 0 fully saturated rings. The molecule has 0 amide bonds. The van der Waals surface area contributed by atoms with Crippen molar-refractivity contribution in [3.05, 3.63) is 241 Å². The lowest BCUT2D eigenvalue weighted by molar-refractivity contribution is 0.777. The molecule has 0 aliphatic heterocycles. The standard InChI is InChI=1S/C61H36N4/c1-2-12-37(13-3-1)55-34-56(65-60(64-55)43-27-30-54(63-36-43)42-16-11-31-62-35-42)40-26-28-47-45-18-5-4-17-44(45)46-19-6-8-21-50(46)61(52(47)32-40)51-22-9-7-20-48(51)59-49-29-25-39-15-10-14-38-23-24-41(33-53(59)61)58(49)57(38)39/h1-36H. The summed E-state index contributed by atoms with van der Waals surface area (Å²) in [5.74, 6) is 0.618. The van der Waals surface area contributed by atoms with Crippen LogP contribution in [0.25, 0.3) is 111 Å². The topological polar surface area (TPSA) is 51.6 Å². The van der Waals surface area contributed by atoms with Gasteiger partial charge in [-0.05, 0) is 130 Å². The Morgan fingerprint density at radius 1 is 0.338 bits per heavy atom. The van der Waals surface area contributed by atoms with E-state index in [0.717, 1.165) is 39.3 Å². The van der Waals surface area contributed by atoms with E-state index in [0.29, 0.717) is 5.82 Å². The van der Waals surface area contributed by atoms with Crippen LogP contribution >= 0.6 is 0 Å². The van der Waals surface area contributed by atoms with Crippen molar-refractivity contribution in [3.63, 3.8) is 0 Å². The van der Waals surface area contributed by atoms with Crippen LogP contribution in [-0.2, 0) is 5.41 Å². The molecule has 3 aromatic heterocycles. The quantitative estimate of drug-likeness (QED) is 0.166. The molecular weight excluding hydrogens is 789 g/mol. The summed E-state index contributed by atoms with van der Waals surface area (Å²) >= 11 is 0. The molecule has 3 heterocycles. The van der Waals surface area contributed by atoms with Crippen molar-refractivity contribution in [2.75, 3.05) is 0 Å². The van der Waals surface area contributed by atoms with E-state index in [-0.39, 0.29) is 0 Å². The average molecular weight is 825 g/mol. The minimum Gasteiger partial charge on any atom is -0.264 e. The molecule has 9 aromatic carbocycles. The van der Waals surface area contributed by atoms with Crippen LogP contribution in [0.4, 0.5) is 0 Å². The van der Waals surface area contributed by atoms with E-state index in [4.69, 9.17) is 15.0 Å². The Morgan fingerprint density at radius 3 is 1.74 bits per heavy atom. The van der Waals surface area contributed by atoms with E-state index in [1.54, 1.807) is 6.20 Å². The summed E-state index contributed by atoms with van der Waals surface area (Å²) < 4.78 is 0. The van der Waals surface area contributed by atoms with Crippen LogP contribution < -0.4 is 0 Å². The van der Waals surface area contributed by atoms with E-state index in [9.17, 15) is 0 Å². The van der Waals surface area contributed by atoms with Crippen LogP contribution in [0.1, 0.15) is 22.3 Å². The zero-order chi connectivity index (χ0) is 42.6. The summed E-state index contributed by atoms with van der Waals surface area (Å²) in [6.45, 7) is 0. The minimum absolute atomic E-state index is 0.618. The summed E-state index contributed by atoms with van der Waals surface area (Å²) in [5, 5.41) is 7.74. The summed E-state index contributed by atoms with van der Waals surface area (Å²) in [7, 11) is 0. The van der Waals surface area contributed by atoms with Gasteiger partial charge in [-0.2, -0.15) is 0 Å². The molecule has 1 spiro atoms. The van der Waals surface area contributed by atoms with Gasteiger partial charge >= 0.3 is 0 Å². The fraction of sp³-hybridized carbons (Fsp3) is 0.0164. The van der Waals surface area contributed by atoms with Crippen molar-refractivity contribution in [1.29, 1.82) is 0 Å². The molecule has 12 aromatic rings. The van der Waals surface area contributed by atoms with Crippen LogP contribution in [-0.4, -0.2) is 19.9 Å². The normalized spacial score (nSPS) is 14.5. The Morgan fingerprint density at radius 2 is 0.985 bits per heavy atom. The smallest absolute Gasteiger partial charge is 0.161 e. The molecule has 0 bridgehead atoms. The van der Waals surface area contributed by atoms with Gasteiger partial charge < -0.3 is 0 Å². The highest BCUT2D eigenvalue weighted by Gasteiger charge is 2.50. The van der Waals surface area contributed by atoms with Crippen molar-refractivity contribution in [2.24, 2.45) is 0 Å². The summed E-state index contributed by atoms with van der Waals surface area (Å²) in [4.78, 5) is 19.8. The van der Waals surface area contributed by atoms with Gasteiger partial charge in [-0.15, -0.1) is 0 Å². The van der Waals surface area contributed by atoms with Gasteiger partial charge in [-0.3, -0.25) is 9.97 Å². The largest absolute Gasteiger partial charge is 0.264 e. The Bertz CT molecular complexity index is 3860. The molecule has 1 unspecified atom stereocenters. The van der Waals surface area contributed by atoms with Gasteiger partial charge in [0.1, 0.15) is 0 Å². The molecule has 0 N–H and O–H groups in total. The summed E-state index contributed by atoms with van der Waals surface area (Å²) in [5.41, 5.74) is 18.3. The van der Waals surface area contributed by atoms with Gasteiger partial charge in [0, 0.05) is 40.8 Å². The molecule has 2 aliphatic rings. The maximum Gasteiger partial charge on any atom is 0.161 e. The lowest BCUT2D eigenvalue weighted by Gasteiger charge is -2.36. The number of hydrogen-bond donors (Lipinski definition) is 0. The zero-order valence-corrected chi connectivity index (χ0v) is 35.1. The Hall–Kier alpha value is -8.60. The fourth-order valence-corrected chi connectivity index (χ4v) is 11.2. The first kappa shape index (κ1) is 35.9. The second-order valence-electron chi connectivity index (χ2n) is 17.3. The second kappa shape index (κ2) is 13.7. The highest BCUT2D eigenvalue weighted by atomic mass is 14.9. The number of aromatic nitrogens is 4. The number of pyridine rings is 2. The third-order valence-corrected chi connectivity index (χ3v) is 14.0. The fourth-order valence-electron chi connectivity index (χ4n) is 11.2. The average Bonchev–Trinajstić information content (AvgIpc) is 3.63. The molecule has 1 atom stereocenters. The first-order valence-corrected chi connectivity index (χ1v) is 22.2. The zero-order valence-electron chi connectivity index (χ0n) is 35.1. The summed E-state index contributed by atoms with van der Waals surface area (Å²) in [6, 6.07) is 73.3. The molecule has 300 valence electrons. The molecule has 4 heteroatoms. The van der Waals surface area contributed by atoms with Crippen molar-refractivity contribution in [3.8, 4) is 78.5 Å². The number of nitrogens with zero attached hydrogens (tertiary/aromatic N) is 4. The molecule has 0 saturated carbocycles. The van der Waals surface area contributed by atoms with Gasteiger partial charge in [0.2, 0.25) is 0 Å². The van der Waals surface area contributed by atoms with E-state index in [1.807, 2.05) is 36.7 Å². The van der Waals surface area contributed by atoms with Crippen molar-refractivity contribution >= 4 is 32.3 Å². The monoisotopic (exact) mass is 824 g/mol. The van der Waals surface area contributed by atoms with Crippen LogP contribution in [0.5, 0.6) is 0 Å². The van der Waals surface area contributed by atoms with Crippen LogP contribution in [0.2, 0.25) is 0 Å². The highest BCUT2D eigenvalue weighted by Crippen LogP contribution is 2.63. The SMILES string of the molecule is c1ccc(-c2cc(-c3ccc4c(c3)C3(c5ccccc5-c5ccccc5-4)c4ccccc4-c4c3cc3ccc5cccc6ccc4c3c56)nc(-c3ccc(-c4cccnc4)nc3)n2)cc1. The number of benzene rings is 9. The predicted octanol–water partition coefficient (Wildman–Crippen LogP) is 14.8. The first-order chi connectivity index (χ1) is 32.2. The highest BCUT2D eigenvalue weighted by molar-refractivity contribution is 6.27. The van der Waals surface area contributed by atoms with Crippen LogP contribution in [0, 0.1) is 0 Å². The molecule has 2 aliphatic carbocycles. The number of hydrogen-bond acceptors (Lipinski definition) is 4. The van der Waals surface area contributed by atoms with Gasteiger partial charge in [0.15, 0.2) is 5.82 Å². The van der Waals surface area contributed by atoms with Gasteiger partial charge in [0.25, 0.3) is 0 Å². The van der Waals surface area contributed by atoms with E-state index >= 15 is 0 Å². The van der Waals surface area contributed by atoms with Crippen LogP contribution in [0.3, 0.4) is 0 Å². The lowest BCUT2D eigenvalue weighted by atomic mass is 9.65. The number of rotatable bonds is 4. The molecule has 14 rings (SSSR count). The van der Waals surface area contributed by atoms with Crippen molar-refractivity contribution < 1.29 is 0 Å². The third kappa shape index (κ3) is 5.13.